The lowest BCUT2D eigenvalue weighted by atomic mass is 10.1. The average Bonchev–Trinajstić information content (AvgIpc) is 3.11. The van der Waals surface area contributed by atoms with Crippen LogP contribution in [0.4, 0.5) is 0 Å². The van der Waals surface area contributed by atoms with Crippen molar-refractivity contribution in [1.29, 1.82) is 0 Å². The van der Waals surface area contributed by atoms with Crippen molar-refractivity contribution < 1.29 is 14.3 Å². The van der Waals surface area contributed by atoms with Gasteiger partial charge in [-0.15, -0.1) is 0 Å². The van der Waals surface area contributed by atoms with Crippen LogP contribution in [0.2, 0.25) is 0 Å². The van der Waals surface area contributed by atoms with E-state index in [1.165, 1.54) is 5.56 Å². The normalized spacial score (nSPS) is 17.4. The molecule has 1 aliphatic heterocycles. The fourth-order valence-electron chi connectivity index (χ4n) is 3.47. The maximum absolute atomic E-state index is 12.8. The second kappa shape index (κ2) is 10.9. The first kappa shape index (κ1) is 21.2. The van der Waals surface area contributed by atoms with Gasteiger partial charge in [0.1, 0.15) is 0 Å². The number of ether oxygens (including phenoxy) is 1. The molecular formula is C22H32N2O3. The first-order chi connectivity index (χ1) is 13.0. The molecule has 0 aliphatic carbocycles. The molecule has 1 saturated heterocycles. The highest BCUT2D eigenvalue weighted by molar-refractivity contribution is 5.92. The lowest BCUT2D eigenvalue weighted by Gasteiger charge is -2.29. The Morgan fingerprint density at radius 2 is 2.00 bits per heavy atom. The molecule has 5 nitrogen and oxygen atoms in total. The second-order valence-corrected chi connectivity index (χ2v) is 7.01. The molecule has 0 spiro atoms. The largest absolute Gasteiger partial charge is 0.466 e. The highest BCUT2D eigenvalue weighted by Crippen LogP contribution is 2.18. The molecule has 1 aliphatic rings. The van der Waals surface area contributed by atoms with E-state index in [-0.39, 0.29) is 18.3 Å². The number of amides is 1. The molecule has 1 amide bonds. The Labute approximate surface area is 163 Å². The van der Waals surface area contributed by atoms with E-state index in [9.17, 15) is 9.59 Å². The fourth-order valence-corrected chi connectivity index (χ4v) is 3.47. The van der Waals surface area contributed by atoms with Gasteiger partial charge in [-0.2, -0.15) is 0 Å². The van der Waals surface area contributed by atoms with Gasteiger partial charge in [-0.1, -0.05) is 36.8 Å². The van der Waals surface area contributed by atoms with Crippen molar-refractivity contribution in [2.75, 3.05) is 32.8 Å². The average molecular weight is 373 g/mol. The predicted molar refractivity (Wildman–Crippen MR) is 108 cm³/mol. The van der Waals surface area contributed by atoms with Crippen molar-refractivity contribution in [2.45, 2.75) is 46.1 Å². The molecule has 0 bridgehead atoms. The molecule has 148 valence electrons. The van der Waals surface area contributed by atoms with Crippen LogP contribution in [0.3, 0.4) is 0 Å². The van der Waals surface area contributed by atoms with Crippen LogP contribution in [0.1, 0.15) is 44.2 Å². The van der Waals surface area contributed by atoms with Crippen LogP contribution in [0.5, 0.6) is 0 Å². The number of likely N-dealkylation sites (N-methyl/N-ethyl adjacent to an activating group) is 1. The highest BCUT2D eigenvalue weighted by Gasteiger charge is 2.26. The molecule has 0 radical (unpaired) electrons. The third kappa shape index (κ3) is 6.83. The summed E-state index contributed by atoms with van der Waals surface area (Å²) in [5.41, 5.74) is 2.19. The van der Waals surface area contributed by atoms with Gasteiger partial charge in [-0.05, 0) is 51.4 Å². The highest BCUT2D eigenvalue weighted by atomic mass is 16.5. The molecule has 1 fully saturated rings. The van der Waals surface area contributed by atoms with Gasteiger partial charge in [0.2, 0.25) is 5.91 Å². The summed E-state index contributed by atoms with van der Waals surface area (Å²) in [6, 6.07) is 8.42. The second-order valence-electron chi connectivity index (χ2n) is 7.01. The van der Waals surface area contributed by atoms with Crippen molar-refractivity contribution in [3.8, 4) is 0 Å². The number of hydrogen-bond donors (Lipinski definition) is 0. The molecule has 0 N–H and O–H groups in total. The Bertz CT molecular complexity index is 639. The minimum atomic E-state index is -0.253. The van der Waals surface area contributed by atoms with Gasteiger partial charge in [-0.25, -0.2) is 0 Å². The van der Waals surface area contributed by atoms with Crippen LogP contribution in [0, 0.1) is 6.92 Å². The number of esters is 1. The van der Waals surface area contributed by atoms with E-state index in [1.54, 1.807) is 17.9 Å². The maximum Gasteiger partial charge on any atom is 0.307 e. The van der Waals surface area contributed by atoms with E-state index in [0.717, 1.165) is 31.5 Å². The number of carbonyl (C=O) groups is 2. The minimum absolute atomic E-state index is 0.0529. The smallest absolute Gasteiger partial charge is 0.307 e. The van der Waals surface area contributed by atoms with Gasteiger partial charge in [0.15, 0.2) is 0 Å². The van der Waals surface area contributed by atoms with Crippen molar-refractivity contribution in [3.63, 3.8) is 0 Å². The number of benzene rings is 1. The predicted octanol–water partition coefficient (Wildman–Crippen LogP) is 3.27. The van der Waals surface area contributed by atoms with Crippen LogP contribution in [-0.4, -0.2) is 60.5 Å². The molecule has 0 aromatic heterocycles. The molecule has 1 heterocycles. The molecular weight excluding hydrogens is 340 g/mol. The van der Waals surface area contributed by atoms with Crippen LogP contribution in [0.15, 0.2) is 30.3 Å². The number of likely N-dealkylation sites (tertiary alicyclic amines) is 1. The number of rotatable bonds is 9. The van der Waals surface area contributed by atoms with E-state index >= 15 is 0 Å². The third-order valence-electron chi connectivity index (χ3n) is 5.03. The van der Waals surface area contributed by atoms with Crippen LogP contribution >= 0.6 is 0 Å². The summed E-state index contributed by atoms with van der Waals surface area (Å²) in [7, 11) is 0. The summed E-state index contributed by atoms with van der Waals surface area (Å²) in [5, 5.41) is 0. The first-order valence-electron chi connectivity index (χ1n) is 9.96. The standard InChI is InChI=1S/C22H32N2O3/c1-4-23-15-6-7-20(23)17-24(16-14-22(26)27-5-2)21(25)13-12-19-10-8-18(3)9-11-19/h8-13,20H,4-7,14-17H2,1-3H3/b13-12+. The molecule has 1 aromatic rings. The van der Waals surface area contributed by atoms with Crippen LogP contribution < -0.4 is 0 Å². The Balaban J connectivity index is 2.03. The Kier molecular flexibility index (Phi) is 8.52. The fraction of sp³-hybridized carbons (Fsp3) is 0.545. The molecule has 27 heavy (non-hydrogen) atoms. The van der Waals surface area contributed by atoms with Gasteiger partial charge < -0.3 is 9.64 Å². The summed E-state index contributed by atoms with van der Waals surface area (Å²) >= 11 is 0. The van der Waals surface area contributed by atoms with Gasteiger partial charge in [-0.3, -0.25) is 14.5 Å². The lowest BCUT2D eigenvalue weighted by Crippen LogP contribution is -2.43. The molecule has 1 unspecified atom stereocenters. The van der Waals surface area contributed by atoms with E-state index < -0.39 is 0 Å². The maximum atomic E-state index is 12.8. The quantitative estimate of drug-likeness (QED) is 0.493. The van der Waals surface area contributed by atoms with Gasteiger partial charge >= 0.3 is 5.97 Å². The third-order valence-corrected chi connectivity index (χ3v) is 5.03. The van der Waals surface area contributed by atoms with Crippen LogP contribution in [-0.2, 0) is 14.3 Å². The SMILES string of the molecule is CCOC(=O)CCN(CC1CCCN1CC)C(=O)/C=C/c1ccc(C)cc1. The summed E-state index contributed by atoms with van der Waals surface area (Å²) < 4.78 is 5.02. The number of hydrogen-bond acceptors (Lipinski definition) is 4. The Morgan fingerprint density at radius 3 is 2.67 bits per heavy atom. The summed E-state index contributed by atoms with van der Waals surface area (Å²) in [4.78, 5) is 28.8. The zero-order valence-electron chi connectivity index (χ0n) is 16.8. The summed E-state index contributed by atoms with van der Waals surface area (Å²) in [5.74, 6) is -0.306. The number of nitrogens with zero attached hydrogens (tertiary/aromatic N) is 2. The van der Waals surface area contributed by atoms with Crippen molar-refractivity contribution in [3.05, 3.63) is 41.5 Å². The van der Waals surface area contributed by atoms with E-state index in [1.807, 2.05) is 37.3 Å². The number of aryl methyl sites for hydroxylation is 1. The zero-order chi connectivity index (χ0) is 19.6. The van der Waals surface area contributed by atoms with E-state index in [2.05, 4.69) is 11.8 Å². The summed E-state index contributed by atoms with van der Waals surface area (Å²) in [6.45, 7) is 9.48. The zero-order valence-corrected chi connectivity index (χ0v) is 16.8. The lowest BCUT2D eigenvalue weighted by molar-refractivity contribution is -0.143. The Morgan fingerprint density at radius 1 is 1.26 bits per heavy atom. The molecule has 0 saturated carbocycles. The van der Waals surface area contributed by atoms with E-state index in [0.29, 0.717) is 25.7 Å². The molecule has 1 aromatic carbocycles. The van der Waals surface area contributed by atoms with Gasteiger partial charge in [0.25, 0.3) is 0 Å². The first-order valence-corrected chi connectivity index (χ1v) is 9.96. The molecule has 5 heteroatoms. The van der Waals surface area contributed by atoms with Crippen molar-refractivity contribution in [2.24, 2.45) is 0 Å². The topological polar surface area (TPSA) is 49.9 Å². The van der Waals surface area contributed by atoms with Gasteiger partial charge in [0, 0.05) is 25.2 Å². The van der Waals surface area contributed by atoms with Crippen molar-refractivity contribution >= 4 is 18.0 Å². The van der Waals surface area contributed by atoms with Crippen LogP contribution in [0.25, 0.3) is 6.08 Å². The van der Waals surface area contributed by atoms with E-state index in [4.69, 9.17) is 4.74 Å². The Hall–Kier alpha value is -2.14. The summed E-state index contributed by atoms with van der Waals surface area (Å²) in [6.07, 6.45) is 5.94. The van der Waals surface area contributed by atoms with Crippen molar-refractivity contribution in [1.82, 2.24) is 9.80 Å². The molecule has 2 rings (SSSR count). The van der Waals surface area contributed by atoms with Gasteiger partial charge in [0.05, 0.1) is 13.0 Å². The monoisotopic (exact) mass is 372 g/mol. The minimum Gasteiger partial charge on any atom is -0.466 e. The number of carbonyl (C=O) groups excluding carboxylic acids is 2. The molecule has 1 atom stereocenters.